The molecule has 10 heavy (non-hydrogen) atoms. The summed E-state index contributed by atoms with van der Waals surface area (Å²) in [5.74, 6) is 2.76. The Hall–Kier alpha value is -0.220. The molecule has 0 radical (unpaired) electrons. The van der Waals surface area contributed by atoms with Crippen molar-refractivity contribution in [3.8, 4) is 0 Å². The quantitative estimate of drug-likeness (QED) is 0.564. The third-order valence-corrected chi connectivity index (χ3v) is 1.89. The van der Waals surface area contributed by atoms with Gasteiger partial charge in [-0.25, -0.2) is 13.8 Å². The van der Waals surface area contributed by atoms with Crippen molar-refractivity contribution in [1.29, 1.82) is 0 Å². The topological polar surface area (TPSA) is 29.3 Å². The fraction of sp³-hybridized carbons (Fsp3) is 1.00. The lowest BCUT2D eigenvalue weighted by molar-refractivity contribution is 0.0120. The van der Waals surface area contributed by atoms with E-state index in [0.717, 1.165) is 0 Å². The van der Waals surface area contributed by atoms with Crippen LogP contribution in [0.15, 0.2) is 0 Å². The van der Waals surface area contributed by atoms with E-state index < -0.39 is 5.92 Å². The number of rotatable bonds is 1. The van der Waals surface area contributed by atoms with Crippen molar-refractivity contribution in [1.82, 2.24) is 5.01 Å². The van der Waals surface area contributed by atoms with E-state index in [1.54, 1.807) is 0 Å². The molecule has 1 atom stereocenters. The number of nitrogens with two attached hydrogens (primary N) is 1. The van der Waals surface area contributed by atoms with Crippen LogP contribution in [0.3, 0.4) is 0 Å². The van der Waals surface area contributed by atoms with Gasteiger partial charge in [0.25, 0.3) is 5.92 Å². The van der Waals surface area contributed by atoms with Crippen LogP contribution in [0.1, 0.15) is 19.8 Å². The Bertz CT molecular complexity index is 127. The van der Waals surface area contributed by atoms with Gasteiger partial charge < -0.3 is 0 Å². The largest absolute Gasteiger partial charge is 0.268 e. The molecule has 2 nitrogen and oxygen atoms in total. The van der Waals surface area contributed by atoms with E-state index in [4.69, 9.17) is 5.84 Å². The second-order valence-electron chi connectivity index (χ2n) is 2.79. The number of hydrogen-bond acceptors (Lipinski definition) is 2. The van der Waals surface area contributed by atoms with E-state index in [2.05, 4.69) is 0 Å². The lowest BCUT2D eigenvalue weighted by atomic mass is 10.1. The molecule has 0 aromatic rings. The van der Waals surface area contributed by atoms with E-state index in [1.165, 1.54) is 5.01 Å². The summed E-state index contributed by atoms with van der Waals surface area (Å²) >= 11 is 0. The highest BCUT2D eigenvalue weighted by molar-refractivity contribution is 4.86. The summed E-state index contributed by atoms with van der Waals surface area (Å²) in [5, 5.41) is 1.24. The van der Waals surface area contributed by atoms with Crippen LogP contribution in [0.25, 0.3) is 0 Å². The number of hydrazine groups is 1. The van der Waals surface area contributed by atoms with Crippen molar-refractivity contribution < 1.29 is 8.78 Å². The molecule has 0 spiro atoms. The van der Waals surface area contributed by atoms with Gasteiger partial charge in [0, 0.05) is 12.5 Å². The van der Waals surface area contributed by atoms with Gasteiger partial charge in [-0.15, -0.1) is 0 Å². The summed E-state index contributed by atoms with van der Waals surface area (Å²) < 4.78 is 25.0. The Balaban J connectivity index is 2.52. The van der Waals surface area contributed by atoms with Crippen LogP contribution in [0.5, 0.6) is 0 Å². The molecule has 1 fully saturated rings. The van der Waals surface area contributed by atoms with Crippen LogP contribution in [-0.2, 0) is 0 Å². The molecule has 0 amide bonds. The number of halogens is 2. The fourth-order valence-corrected chi connectivity index (χ4v) is 1.30. The van der Waals surface area contributed by atoms with Gasteiger partial charge in [-0.2, -0.15) is 0 Å². The molecule has 4 heteroatoms. The van der Waals surface area contributed by atoms with E-state index in [1.807, 2.05) is 6.92 Å². The van der Waals surface area contributed by atoms with Gasteiger partial charge in [0.2, 0.25) is 0 Å². The number of hydrogen-bond donors (Lipinski definition) is 1. The third-order valence-electron chi connectivity index (χ3n) is 1.89. The molecule has 0 aliphatic carbocycles. The molecule has 1 saturated heterocycles. The summed E-state index contributed by atoms with van der Waals surface area (Å²) in [7, 11) is 0. The lowest BCUT2D eigenvalue weighted by Gasteiger charge is -2.14. The molecular weight excluding hydrogens is 138 g/mol. The van der Waals surface area contributed by atoms with Gasteiger partial charge in [0.1, 0.15) is 0 Å². The Morgan fingerprint density at radius 2 is 2.30 bits per heavy atom. The van der Waals surface area contributed by atoms with Crippen LogP contribution in [0.4, 0.5) is 8.78 Å². The molecule has 0 aromatic heterocycles. The van der Waals surface area contributed by atoms with Gasteiger partial charge in [0.15, 0.2) is 0 Å². The first-order valence-electron chi connectivity index (χ1n) is 3.44. The van der Waals surface area contributed by atoms with Crippen LogP contribution in [-0.4, -0.2) is 23.5 Å². The molecule has 0 saturated carbocycles. The average Bonchev–Trinajstić information content (AvgIpc) is 2.05. The average molecular weight is 150 g/mol. The molecule has 1 aliphatic heterocycles. The molecule has 1 rings (SSSR count). The van der Waals surface area contributed by atoms with Crippen LogP contribution >= 0.6 is 0 Å². The van der Waals surface area contributed by atoms with Crippen molar-refractivity contribution in [2.45, 2.75) is 31.7 Å². The second-order valence-corrected chi connectivity index (χ2v) is 2.79. The monoisotopic (exact) mass is 150 g/mol. The lowest BCUT2D eigenvalue weighted by Crippen LogP contribution is -2.36. The van der Waals surface area contributed by atoms with Gasteiger partial charge in [-0.05, 0) is 6.42 Å². The summed E-state index contributed by atoms with van der Waals surface area (Å²) in [6.45, 7) is 1.58. The highest BCUT2D eigenvalue weighted by Crippen LogP contribution is 2.30. The highest BCUT2D eigenvalue weighted by atomic mass is 19.3. The molecule has 0 bridgehead atoms. The van der Waals surface area contributed by atoms with E-state index in [-0.39, 0.29) is 19.0 Å². The second kappa shape index (κ2) is 2.43. The predicted octanol–water partition coefficient (Wildman–Crippen LogP) is 0.980. The Morgan fingerprint density at radius 3 is 2.50 bits per heavy atom. The van der Waals surface area contributed by atoms with Crippen molar-refractivity contribution in [3.05, 3.63) is 0 Å². The molecule has 1 aliphatic rings. The van der Waals surface area contributed by atoms with Crippen molar-refractivity contribution in [2.75, 3.05) is 6.54 Å². The van der Waals surface area contributed by atoms with Crippen LogP contribution in [0.2, 0.25) is 0 Å². The summed E-state index contributed by atoms with van der Waals surface area (Å²) in [4.78, 5) is 0. The molecule has 60 valence electrons. The minimum Gasteiger partial charge on any atom is -0.268 e. The maximum atomic E-state index is 12.5. The van der Waals surface area contributed by atoms with Crippen molar-refractivity contribution >= 4 is 0 Å². The maximum absolute atomic E-state index is 12.5. The van der Waals surface area contributed by atoms with E-state index >= 15 is 0 Å². The van der Waals surface area contributed by atoms with Crippen LogP contribution < -0.4 is 5.84 Å². The molecule has 2 N–H and O–H groups in total. The zero-order chi connectivity index (χ0) is 7.78. The zero-order valence-electron chi connectivity index (χ0n) is 5.98. The molecule has 0 aromatic carbocycles. The van der Waals surface area contributed by atoms with Gasteiger partial charge in [-0.3, -0.25) is 5.84 Å². The molecule has 1 unspecified atom stereocenters. The minimum atomic E-state index is -2.56. The minimum absolute atomic E-state index is 0.0833. The normalized spacial score (nSPS) is 33.0. The van der Waals surface area contributed by atoms with Crippen molar-refractivity contribution in [3.63, 3.8) is 0 Å². The van der Waals surface area contributed by atoms with Gasteiger partial charge in [0.05, 0.1) is 6.54 Å². The first-order valence-corrected chi connectivity index (χ1v) is 3.44. The zero-order valence-corrected chi connectivity index (χ0v) is 5.98. The Kier molecular flexibility index (Phi) is 1.92. The Labute approximate surface area is 59.0 Å². The summed E-state index contributed by atoms with van der Waals surface area (Å²) in [6.07, 6.45) is 0.617. The van der Waals surface area contributed by atoms with E-state index in [9.17, 15) is 8.78 Å². The summed E-state index contributed by atoms with van der Waals surface area (Å²) in [6, 6.07) is -0.130. The highest BCUT2D eigenvalue weighted by Gasteiger charge is 2.42. The molecular formula is C6H12F2N2. The predicted molar refractivity (Wildman–Crippen MR) is 34.5 cm³/mol. The third kappa shape index (κ3) is 1.44. The standard InChI is InChI=1S/C6H12F2N2/c1-2-5-3-6(7,8)4-10(5)9/h5H,2-4,9H2,1H3. The smallest absolute Gasteiger partial charge is 0.263 e. The fourth-order valence-electron chi connectivity index (χ4n) is 1.30. The number of alkyl halides is 2. The maximum Gasteiger partial charge on any atom is 0.263 e. The van der Waals surface area contributed by atoms with Crippen LogP contribution in [0, 0.1) is 0 Å². The Morgan fingerprint density at radius 1 is 1.70 bits per heavy atom. The number of nitrogens with zero attached hydrogens (tertiary/aromatic N) is 1. The van der Waals surface area contributed by atoms with Crippen molar-refractivity contribution in [2.24, 2.45) is 5.84 Å². The van der Waals surface area contributed by atoms with E-state index in [0.29, 0.717) is 6.42 Å². The van der Waals surface area contributed by atoms with Gasteiger partial charge in [-0.1, -0.05) is 6.92 Å². The SMILES string of the molecule is CCC1CC(F)(F)CN1N. The summed E-state index contributed by atoms with van der Waals surface area (Å²) in [5.41, 5.74) is 0. The van der Waals surface area contributed by atoms with Gasteiger partial charge >= 0.3 is 0 Å². The molecule has 1 heterocycles. The first-order chi connectivity index (χ1) is 4.55. The first kappa shape index (κ1) is 7.88.